The van der Waals surface area contributed by atoms with Crippen LogP contribution in [0.2, 0.25) is 0 Å². The van der Waals surface area contributed by atoms with Crippen molar-refractivity contribution in [1.29, 1.82) is 0 Å². The maximum Gasteiger partial charge on any atom is 0.265 e. The number of nitrogens with one attached hydrogen (secondary N) is 1. The summed E-state index contributed by atoms with van der Waals surface area (Å²) in [7, 11) is 1.53. The van der Waals surface area contributed by atoms with Gasteiger partial charge in [0, 0.05) is 17.1 Å². The number of hydrogen-bond donors (Lipinski definition) is 1. The van der Waals surface area contributed by atoms with Gasteiger partial charge >= 0.3 is 0 Å². The van der Waals surface area contributed by atoms with Gasteiger partial charge in [0.25, 0.3) is 11.8 Å². The number of fused-ring (bicyclic) bond motifs is 1. The van der Waals surface area contributed by atoms with Gasteiger partial charge in [0.05, 0.1) is 0 Å². The second kappa shape index (κ2) is 8.38. The maximum atomic E-state index is 12.7. The highest BCUT2D eigenvalue weighted by Crippen LogP contribution is 2.31. The molecule has 3 aromatic rings. The van der Waals surface area contributed by atoms with Crippen molar-refractivity contribution in [3.63, 3.8) is 0 Å². The van der Waals surface area contributed by atoms with Gasteiger partial charge in [0.1, 0.15) is 17.9 Å². The van der Waals surface area contributed by atoms with Crippen LogP contribution >= 0.6 is 28.1 Å². The Bertz CT molecular complexity index is 1200. The summed E-state index contributed by atoms with van der Waals surface area (Å²) < 4.78 is 7.08. The highest BCUT2D eigenvalue weighted by Gasteiger charge is 2.31. The van der Waals surface area contributed by atoms with Gasteiger partial charge in [0.15, 0.2) is 5.11 Å². The Morgan fingerprint density at radius 2 is 1.80 bits per heavy atom. The number of thiocarbonyl (C=S) groups is 1. The normalized spacial score (nSPS) is 15.6. The summed E-state index contributed by atoms with van der Waals surface area (Å²) in [4.78, 5) is 26.4. The SMILES string of the molecule is CN1C(=O)/C(=C/c2c(OCc3ccc(Br)cc3)ccc3ccccc23)C(=O)NC1=S. The molecule has 5 nitrogen and oxygen atoms in total. The maximum absolute atomic E-state index is 12.7. The zero-order valence-electron chi connectivity index (χ0n) is 16.0. The van der Waals surface area contributed by atoms with Crippen molar-refractivity contribution in [3.8, 4) is 5.75 Å². The highest BCUT2D eigenvalue weighted by molar-refractivity contribution is 9.10. The van der Waals surface area contributed by atoms with E-state index in [9.17, 15) is 9.59 Å². The first kappa shape index (κ1) is 20.3. The fraction of sp³-hybridized carbons (Fsp3) is 0.0870. The van der Waals surface area contributed by atoms with Crippen molar-refractivity contribution < 1.29 is 14.3 Å². The molecule has 4 rings (SSSR count). The molecule has 0 spiro atoms. The lowest BCUT2D eigenvalue weighted by Crippen LogP contribution is -2.52. The van der Waals surface area contributed by atoms with Gasteiger partial charge in [0.2, 0.25) is 0 Å². The number of halogens is 1. The minimum atomic E-state index is -0.519. The average molecular weight is 481 g/mol. The molecule has 1 heterocycles. The number of carbonyl (C=O) groups excluding carboxylic acids is 2. The summed E-state index contributed by atoms with van der Waals surface area (Å²) >= 11 is 8.45. The molecule has 30 heavy (non-hydrogen) atoms. The summed E-state index contributed by atoms with van der Waals surface area (Å²) in [5.74, 6) is -0.383. The number of benzene rings is 3. The van der Waals surface area contributed by atoms with Gasteiger partial charge in [-0.05, 0) is 52.8 Å². The van der Waals surface area contributed by atoms with Gasteiger partial charge in [-0.25, -0.2) is 0 Å². The molecule has 0 unspecified atom stereocenters. The van der Waals surface area contributed by atoms with Gasteiger partial charge in [-0.1, -0.05) is 58.4 Å². The minimum absolute atomic E-state index is 0.0101. The predicted molar refractivity (Wildman–Crippen MR) is 124 cm³/mol. The van der Waals surface area contributed by atoms with Crippen molar-refractivity contribution in [2.75, 3.05) is 7.05 Å². The van der Waals surface area contributed by atoms with Crippen molar-refractivity contribution in [2.24, 2.45) is 0 Å². The summed E-state index contributed by atoms with van der Waals surface area (Å²) in [6.45, 7) is 0.353. The Morgan fingerprint density at radius 3 is 2.57 bits per heavy atom. The first-order valence-corrected chi connectivity index (χ1v) is 10.4. The van der Waals surface area contributed by atoms with Crippen LogP contribution in [-0.2, 0) is 16.2 Å². The third-order valence-corrected chi connectivity index (χ3v) is 5.74. The molecule has 0 radical (unpaired) electrons. The van der Waals surface area contributed by atoms with Gasteiger partial charge < -0.3 is 4.74 Å². The van der Waals surface area contributed by atoms with Crippen LogP contribution in [0.3, 0.4) is 0 Å². The predicted octanol–water partition coefficient (Wildman–Crippen LogP) is 4.44. The van der Waals surface area contributed by atoms with Gasteiger partial charge in [-0.15, -0.1) is 0 Å². The standard InChI is InChI=1S/C23H17BrN2O3S/c1-26-22(28)19(21(27)25-23(26)30)12-18-17-5-3-2-4-15(17)8-11-20(18)29-13-14-6-9-16(24)10-7-14/h2-12H,13H2,1H3,(H,25,27,30)/b19-12+. The summed E-state index contributed by atoms with van der Waals surface area (Å²) in [5.41, 5.74) is 1.68. The number of ether oxygens (including phenoxy) is 1. The third kappa shape index (κ3) is 3.99. The van der Waals surface area contributed by atoms with Crippen molar-refractivity contribution >= 4 is 61.9 Å². The van der Waals surface area contributed by atoms with E-state index in [2.05, 4.69) is 21.2 Å². The fourth-order valence-electron chi connectivity index (χ4n) is 3.18. The van der Waals surface area contributed by atoms with Crippen LogP contribution in [0.15, 0.2) is 70.7 Å². The second-order valence-corrected chi connectivity index (χ2v) is 8.10. The van der Waals surface area contributed by atoms with E-state index >= 15 is 0 Å². The summed E-state index contributed by atoms with van der Waals surface area (Å²) in [6.07, 6.45) is 1.58. The van der Waals surface area contributed by atoms with Crippen LogP contribution in [0, 0.1) is 0 Å². The Morgan fingerprint density at radius 1 is 1.07 bits per heavy atom. The molecule has 0 aliphatic carbocycles. The Hall–Kier alpha value is -3.03. The number of rotatable bonds is 4. The molecule has 0 atom stereocenters. The first-order valence-electron chi connectivity index (χ1n) is 9.18. The number of hydrogen-bond acceptors (Lipinski definition) is 4. The molecular weight excluding hydrogens is 464 g/mol. The molecule has 1 aliphatic heterocycles. The fourth-order valence-corrected chi connectivity index (χ4v) is 3.62. The molecule has 3 aromatic carbocycles. The van der Waals surface area contributed by atoms with Crippen molar-refractivity contribution in [2.45, 2.75) is 6.61 Å². The van der Waals surface area contributed by atoms with E-state index < -0.39 is 11.8 Å². The van der Waals surface area contributed by atoms with E-state index in [1.807, 2.05) is 60.7 Å². The zero-order valence-corrected chi connectivity index (χ0v) is 18.4. The molecule has 150 valence electrons. The van der Waals surface area contributed by atoms with E-state index in [1.54, 1.807) is 6.08 Å². The number of amides is 2. The van der Waals surface area contributed by atoms with Crippen LogP contribution in [0.25, 0.3) is 16.8 Å². The molecule has 1 fully saturated rings. The van der Waals surface area contributed by atoms with Crippen LogP contribution in [0.5, 0.6) is 5.75 Å². The van der Waals surface area contributed by atoms with Gasteiger partial charge in [-0.3, -0.25) is 19.8 Å². The number of likely N-dealkylation sites (N-methyl/N-ethyl adjacent to an activating group) is 1. The molecule has 1 saturated heterocycles. The molecule has 2 amide bonds. The molecule has 0 bridgehead atoms. The van der Waals surface area contributed by atoms with E-state index in [-0.39, 0.29) is 10.7 Å². The summed E-state index contributed by atoms with van der Waals surface area (Å²) in [5, 5.41) is 4.50. The lowest BCUT2D eigenvalue weighted by atomic mass is 10.00. The zero-order chi connectivity index (χ0) is 21.3. The van der Waals surface area contributed by atoms with E-state index in [0.29, 0.717) is 17.9 Å². The summed E-state index contributed by atoms with van der Waals surface area (Å²) in [6, 6.07) is 19.4. The molecule has 1 aliphatic rings. The van der Waals surface area contributed by atoms with E-state index in [4.69, 9.17) is 17.0 Å². The Kier molecular flexibility index (Phi) is 5.65. The van der Waals surface area contributed by atoms with Crippen molar-refractivity contribution in [1.82, 2.24) is 10.2 Å². The average Bonchev–Trinajstić information content (AvgIpc) is 2.75. The van der Waals surface area contributed by atoms with Crippen LogP contribution < -0.4 is 10.1 Å². The molecular formula is C23H17BrN2O3S. The Balaban J connectivity index is 1.77. The van der Waals surface area contributed by atoms with Crippen LogP contribution in [0.1, 0.15) is 11.1 Å². The lowest BCUT2D eigenvalue weighted by molar-refractivity contribution is -0.128. The lowest BCUT2D eigenvalue weighted by Gasteiger charge is -2.25. The van der Waals surface area contributed by atoms with Gasteiger partial charge in [-0.2, -0.15) is 0 Å². The molecule has 7 heteroatoms. The third-order valence-electron chi connectivity index (χ3n) is 4.83. The number of nitrogens with zero attached hydrogens (tertiary/aromatic N) is 1. The molecule has 0 aromatic heterocycles. The highest BCUT2D eigenvalue weighted by atomic mass is 79.9. The topological polar surface area (TPSA) is 58.6 Å². The monoisotopic (exact) mass is 480 g/mol. The first-order chi connectivity index (χ1) is 14.4. The van der Waals surface area contributed by atoms with Crippen LogP contribution in [0.4, 0.5) is 0 Å². The smallest absolute Gasteiger partial charge is 0.265 e. The molecule has 1 N–H and O–H groups in total. The van der Waals surface area contributed by atoms with E-state index in [1.165, 1.54) is 11.9 Å². The van der Waals surface area contributed by atoms with Crippen LogP contribution in [-0.4, -0.2) is 28.9 Å². The minimum Gasteiger partial charge on any atom is -0.488 e. The quantitative estimate of drug-likeness (QED) is 0.340. The largest absolute Gasteiger partial charge is 0.488 e. The second-order valence-electron chi connectivity index (χ2n) is 6.80. The number of carbonyl (C=O) groups is 2. The van der Waals surface area contributed by atoms with Crippen molar-refractivity contribution in [3.05, 3.63) is 81.8 Å². The molecule has 0 saturated carbocycles. The Labute approximate surface area is 187 Å². The van der Waals surface area contributed by atoms with E-state index in [0.717, 1.165) is 20.8 Å².